The largest absolute Gasteiger partial charge is 0.361 e. The van der Waals surface area contributed by atoms with Gasteiger partial charge >= 0.3 is 5.69 Å². The molecule has 11 heteroatoms. The molecule has 188 valence electrons. The fraction of sp³-hybridized carbons (Fsp3) is 0.320. The van der Waals surface area contributed by atoms with E-state index in [1.165, 1.54) is 34.9 Å². The fourth-order valence-electron chi connectivity index (χ4n) is 4.19. The number of hydrogen-bond acceptors (Lipinski definition) is 6. The molecule has 2 heterocycles. The van der Waals surface area contributed by atoms with E-state index in [1.54, 1.807) is 26.0 Å². The summed E-state index contributed by atoms with van der Waals surface area (Å²) in [6, 6.07) is 9.83. The Balaban J connectivity index is 1.71. The zero-order valence-electron chi connectivity index (χ0n) is 20.0. The molecule has 1 saturated carbocycles. The van der Waals surface area contributed by atoms with Crippen molar-refractivity contribution < 1.29 is 17.3 Å². The summed E-state index contributed by atoms with van der Waals surface area (Å²) in [6.45, 7) is 5.19. The predicted octanol–water partition coefficient (Wildman–Crippen LogP) is 2.83. The Kier molecular flexibility index (Phi) is 5.72. The molecule has 4 aromatic rings. The van der Waals surface area contributed by atoms with Crippen LogP contribution < -0.4 is 16.0 Å². The molecule has 5 rings (SSSR count). The van der Waals surface area contributed by atoms with Gasteiger partial charge in [-0.05, 0) is 69.5 Å². The number of rotatable bonds is 7. The number of nitrogens with one attached hydrogen (secondary N) is 1. The van der Waals surface area contributed by atoms with E-state index >= 15 is 0 Å². The number of hydrogen-bond donors (Lipinski definition) is 1. The molecule has 0 saturated heterocycles. The zero-order chi connectivity index (χ0) is 25.8. The van der Waals surface area contributed by atoms with Gasteiger partial charge < -0.3 is 4.52 Å². The van der Waals surface area contributed by atoms with Crippen LogP contribution >= 0.6 is 0 Å². The van der Waals surface area contributed by atoms with Gasteiger partial charge in [-0.15, -0.1) is 0 Å². The van der Waals surface area contributed by atoms with Crippen molar-refractivity contribution >= 4 is 20.9 Å². The maximum atomic E-state index is 13.6. The van der Waals surface area contributed by atoms with Crippen LogP contribution in [0.5, 0.6) is 0 Å². The average Bonchev–Trinajstić information content (AvgIpc) is 3.47. The van der Waals surface area contributed by atoms with Gasteiger partial charge in [0.2, 0.25) is 10.0 Å². The predicted molar refractivity (Wildman–Crippen MR) is 131 cm³/mol. The van der Waals surface area contributed by atoms with Gasteiger partial charge in [0.25, 0.3) is 5.56 Å². The van der Waals surface area contributed by atoms with Crippen LogP contribution in [-0.4, -0.2) is 28.2 Å². The molecule has 1 aliphatic carbocycles. The Bertz CT molecular complexity index is 1690. The van der Waals surface area contributed by atoms with Crippen LogP contribution in [0.25, 0.3) is 10.9 Å². The van der Waals surface area contributed by atoms with Crippen molar-refractivity contribution in [1.82, 2.24) is 19.0 Å². The van der Waals surface area contributed by atoms with Crippen molar-refractivity contribution in [2.75, 3.05) is 0 Å². The summed E-state index contributed by atoms with van der Waals surface area (Å²) in [7, 11) is -3.88. The zero-order valence-corrected chi connectivity index (χ0v) is 20.9. The standard InChI is InChI=1S/C25H25FN4O5S/c1-15-21(16(2)35-27-15)14-30-23(31)20-12-19(36(33,34)28-25(3)10-11-25)8-9-22(20)29(24(30)32)13-17-4-6-18(26)7-5-17/h4-9,12,28H,10-11,13-14H2,1-3H3. The Labute approximate surface area is 206 Å². The second-order valence-corrected chi connectivity index (χ2v) is 11.2. The molecule has 1 fully saturated rings. The van der Waals surface area contributed by atoms with Crippen molar-refractivity contribution in [2.45, 2.75) is 57.1 Å². The second-order valence-electron chi connectivity index (χ2n) is 9.53. The van der Waals surface area contributed by atoms with Gasteiger partial charge in [-0.25, -0.2) is 22.3 Å². The minimum Gasteiger partial charge on any atom is -0.361 e. The van der Waals surface area contributed by atoms with Crippen molar-refractivity contribution in [3.8, 4) is 0 Å². The summed E-state index contributed by atoms with van der Waals surface area (Å²) in [4.78, 5) is 27.1. The summed E-state index contributed by atoms with van der Waals surface area (Å²) in [5.41, 5.74) is 0.356. The molecule has 0 atom stereocenters. The SMILES string of the molecule is Cc1noc(C)c1Cn1c(=O)c2cc(S(=O)(=O)NC3(C)CC3)ccc2n(Cc2ccc(F)cc2)c1=O. The lowest BCUT2D eigenvalue weighted by Gasteiger charge is -2.16. The number of sulfonamides is 1. The van der Waals surface area contributed by atoms with Gasteiger partial charge in [-0.2, -0.15) is 0 Å². The van der Waals surface area contributed by atoms with E-state index in [1.807, 2.05) is 6.92 Å². The molecule has 0 unspecified atom stereocenters. The first-order chi connectivity index (χ1) is 17.0. The van der Waals surface area contributed by atoms with E-state index in [2.05, 4.69) is 9.88 Å². The third-order valence-electron chi connectivity index (χ3n) is 6.64. The van der Waals surface area contributed by atoms with E-state index in [9.17, 15) is 22.4 Å². The minimum atomic E-state index is -3.88. The maximum Gasteiger partial charge on any atom is 0.332 e. The lowest BCUT2D eigenvalue weighted by Crippen LogP contribution is -2.41. The average molecular weight is 513 g/mol. The highest BCUT2D eigenvalue weighted by atomic mass is 32.2. The topological polar surface area (TPSA) is 116 Å². The van der Waals surface area contributed by atoms with Gasteiger partial charge in [0.15, 0.2) is 0 Å². The van der Waals surface area contributed by atoms with Crippen LogP contribution in [0, 0.1) is 19.7 Å². The van der Waals surface area contributed by atoms with E-state index in [4.69, 9.17) is 4.52 Å². The Morgan fingerprint density at radius 2 is 1.75 bits per heavy atom. The summed E-state index contributed by atoms with van der Waals surface area (Å²) >= 11 is 0. The minimum absolute atomic E-state index is 0.0555. The van der Waals surface area contributed by atoms with E-state index in [0.29, 0.717) is 22.6 Å². The van der Waals surface area contributed by atoms with Crippen molar-refractivity contribution in [2.24, 2.45) is 0 Å². The van der Waals surface area contributed by atoms with Crippen LogP contribution in [-0.2, 0) is 23.1 Å². The summed E-state index contributed by atoms with van der Waals surface area (Å²) in [6.07, 6.45) is 1.47. The van der Waals surface area contributed by atoms with Crippen LogP contribution in [0.1, 0.15) is 42.3 Å². The number of nitrogens with zero attached hydrogens (tertiary/aromatic N) is 3. The number of benzene rings is 2. The van der Waals surface area contributed by atoms with Crippen LogP contribution in [0.2, 0.25) is 0 Å². The normalized spacial score (nSPS) is 14.9. The van der Waals surface area contributed by atoms with E-state index in [0.717, 1.165) is 17.4 Å². The van der Waals surface area contributed by atoms with Crippen molar-refractivity contribution in [3.05, 3.63) is 91.7 Å². The number of fused-ring (bicyclic) bond motifs is 1. The number of aryl methyl sites for hydroxylation is 2. The highest BCUT2D eigenvalue weighted by molar-refractivity contribution is 7.89. The highest BCUT2D eigenvalue weighted by Crippen LogP contribution is 2.36. The van der Waals surface area contributed by atoms with Crippen LogP contribution in [0.4, 0.5) is 4.39 Å². The first-order valence-corrected chi connectivity index (χ1v) is 12.9. The molecule has 0 bridgehead atoms. The first kappa shape index (κ1) is 24.1. The third kappa shape index (κ3) is 4.40. The van der Waals surface area contributed by atoms with Gasteiger partial charge in [0, 0.05) is 11.1 Å². The molecular weight excluding hydrogens is 487 g/mol. The second kappa shape index (κ2) is 8.52. The molecule has 36 heavy (non-hydrogen) atoms. The first-order valence-electron chi connectivity index (χ1n) is 11.4. The summed E-state index contributed by atoms with van der Waals surface area (Å²) in [5, 5.41) is 3.97. The molecule has 2 aromatic carbocycles. The molecule has 0 aliphatic heterocycles. The molecule has 1 aliphatic rings. The Morgan fingerprint density at radius 3 is 2.36 bits per heavy atom. The fourth-order valence-corrected chi connectivity index (χ4v) is 5.68. The monoisotopic (exact) mass is 512 g/mol. The summed E-state index contributed by atoms with van der Waals surface area (Å²) < 4.78 is 49.8. The molecule has 0 spiro atoms. The van der Waals surface area contributed by atoms with Gasteiger partial charge in [-0.3, -0.25) is 13.9 Å². The quantitative estimate of drug-likeness (QED) is 0.407. The van der Waals surface area contributed by atoms with Crippen LogP contribution in [0.15, 0.2) is 61.5 Å². The van der Waals surface area contributed by atoms with Gasteiger partial charge in [0.1, 0.15) is 11.6 Å². The lowest BCUT2D eigenvalue weighted by molar-refractivity contribution is 0.391. The van der Waals surface area contributed by atoms with Crippen molar-refractivity contribution in [3.63, 3.8) is 0 Å². The molecule has 2 aromatic heterocycles. The van der Waals surface area contributed by atoms with E-state index in [-0.39, 0.29) is 28.9 Å². The summed E-state index contributed by atoms with van der Waals surface area (Å²) in [5.74, 6) is 0.0632. The third-order valence-corrected chi connectivity index (χ3v) is 8.27. The van der Waals surface area contributed by atoms with Crippen LogP contribution in [0.3, 0.4) is 0 Å². The Hall–Kier alpha value is -3.57. The molecule has 9 nitrogen and oxygen atoms in total. The molecule has 1 N–H and O–H groups in total. The maximum absolute atomic E-state index is 13.6. The van der Waals surface area contributed by atoms with Crippen molar-refractivity contribution in [1.29, 1.82) is 0 Å². The van der Waals surface area contributed by atoms with Gasteiger partial charge in [-0.1, -0.05) is 17.3 Å². The highest BCUT2D eigenvalue weighted by Gasteiger charge is 2.41. The lowest BCUT2D eigenvalue weighted by atomic mass is 10.1. The Morgan fingerprint density at radius 1 is 1.06 bits per heavy atom. The number of halogens is 1. The molecular formula is C25H25FN4O5S. The number of aromatic nitrogens is 3. The smallest absolute Gasteiger partial charge is 0.332 e. The van der Waals surface area contributed by atoms with Gasteiger partial charge in [0.05, 0.1) is 34.6 Å². The molecule has 0 amide bonds. The molecule has 0 radical (unpaired) electrons. The van der Waals surface area contributed by atoms with E-state index < -0.39 is 32.6 Å².